The molecule has 0 bridgehead atoms. The van der Waals surface area contributed by atoms with Crippen molar-refractivity contribution in [3.63, 3.8) is 0 Å². The second-order valence-corrected chi connectivity index (χ2v) is 7.45. The molecule has 2 heterocycles. The normalized spacial score (nSPS) is 28.7. The number of carbonyl (C=O) groups excluding carboxylic acids is 1. The average Bonchev–Trinajstić information content (AvgIpc) is 2.83. The number of amides is 1. The van der Waals surface area contributed by atoms with Crippen LogP contribution in [0.15, 0.2) is 11.6 Å². The van der Waals surface area contributed by atoms with Crippen molar-refractivity contribution >= 4 is 5.91 Å². The lowest BCUT2D eigenvalue weighted by Crippen LogP contribution is -2.60. The van der Waals surface area contributed by atoms with E-state index in [2.05, 4.69) is 11.0 Å². The average molecular weight is 352 g/mol. The Hall–Kier alpha value is -0.950. The van der Waals surface area contributed by atoms with Gasteiger partial charge >= 0.3 is 0 Å². The number of ether oxygens (including phenoxy) is 3. The summed E-state index contributed by atoms with van der Waals surface area (Å²) in [4.78, 5) is 17.1. The Balaban J connectivity index is 1.60. The Morgan fingerprint density at radius 2 is 2.20 bits per heavy atom. The molecule has 1 aliphatic carbocycles. The van der Waals surface area contributed by atoms with Crippen LogP contribution in [0.4, 0.5) is 0 Å². The van der Waals surface area contributed by atoms with Gasteiger partial charge in [0.1, 0.15) is 5.60 Å². The number of allylic oxidation sites excluding steroid dienone is 1. The van der Waals surface area contributed by atoms with Crippen molar-refractivity contribution in [1.29, 1.82) is 0 Å². The van der Waals surface area contributed by atoms with Crippen LogP contribution in [0.2, 0.25) is 0 Å². The fourth-order valence-corrected chi connectivity index (χ4v) is 4.01. The molecule has 1 unspecified atom stereocenters. The van der Waals surface area contributed by atoms with Crippen molar-refractivity contribution in [1.82, 2.24) is 9.80 Å². The van der Waals surface area contributed by atoms with E-state index in [0.717, 1.165) is 32.5 Å². The lowest BCUT2D eigenvalue weighted by Gasteiger charge is -2.43. The summed E-state index contributed by atoms with van der Waals surface area (Å²) >= 11 is 0. The Morgan fingerprint density at radius 1 is 1.28 bits per heavy atom. The standard InChI is InChI=1S/C19H32N2O4/c1-23-10-7-20-8-11-24-16-19(14-20)15-21(9-12-25-19)18(22)13-17-5-3-2-4-6-17/h5H,2-4,6-16H2,1H3. The Kier molecular flexibility index (Phi) is 6.87. The van der Waals surface area contributed by atoms with Crippen LogP contribution in [0.3, 0.4) is 0 Å². The number of morpholine rings is 1. The summed E-state index contributed by atoms with van der Waals surface area (Å²) in [5.74, 6) is 0.239. The molecule has 6 heteroatoms. The lowest BCUT2D eigenvalue weighted by atomic mass is 9.96. The van der Waals surface area contributed by atoms with Crippen LogP contribution in [-0.4, -0.2) is 87.6 Å². The molecule has 2 saturated heterocycles. The van der Waals surface area contributed by atoms with Crippen molar-refractivity contribution in [3.8, 4) is 0 Å². The third kappa shape index (κ3) is 5.26. The highest BCUT2D eigenvalue weighted by Gasteiger charge is 2.41. The van der Waals surface area contributed by atoms with Gasteiger partial charge in [0.15, 0.2) is 0 Å². The van der Waals surface area contributed by atoms with Gasteiger partial charge in [-0.15, -0.1) is 0 Å². The van der Waals surface area contributed by atoms with Crippen LogP contribution >= 0.6 is 0 Å². The van der Waals surface area contributed by atoms with Crippen molar-refractivity contribution in [3.05, 3.63) is 11.6 Å². The lowest BCUT2D eigenvalue weighted by molar-refractivity contribution is -0.161. The molecule has 0 radical (unpaired) electrons. The molecule has 0 aromatic carbocycles. The van der Waals surface area contributed by atoms with E-state index in [4.69, 9.17) is 14.2 Å². The number of rotatable bonds is 5. The first-order valence-electron chi connectivity index (χ1n) is 9.59. The van der Waals surface area contributed by atoms with Gasteiger partial charge in [-0.05, 0) is 25.7 Å². The Bertz CT molecular complexity index is 482. The van der Waals surface area contributed by atoms with Gasteiger partial charge in [-0.1, -0.05) is 11.6 Å². The van der Waals surface area contributed by atoms with Crippen LogP contribution in [0, 0.1) is 0 Å². The van der Waals surface area contributed by atoms with Crippen LogP contribution in [0.5, 0.6) is 0 Å². The highest BCUT2D eigenvalue weighted by molar-refractivity contribution is 5.79. The van der Waals surface area contributed by atoms with E-state index in [1.54, 1.807) is 7.11 Å². The SMILES string of the molecule is COCCN1CCOCC2(C1)CN(C(=O)CC1=CCCCC1)CCO2. The van der Waals surface area contributed by atoms with E-state index in [0.29, 0.717) is 45.9 Å². The van der Waals surface area contributed by atoms with E-state index in [-0.39, 0.29) is 5.91 Å². The predicted octanol–water partition coefficient (Wildman–Crippen LogP) is 1.45. The molecule has 1 atom stereocenters. The molecule has 2 aliphatic heterocycles. The minimum absolute atomic E-state index is 0.239. The fraction of sp³-hybridized carbons (Fsp3) is 0.842. The molecular formula is C19H32N2O4. The molecule has 3 aliphatic rings. The van der Waals surface area contributed by atoms with E-state index in [1.807, 2.05) is 4.90 Å². The maximum Gasteiger partial charge on any atom is 0.226 e. The zero-order valence-electron chi connectivity index (χ0n) is 15.5. The van der Waals surface area contributed by atoms with Gasteiger partial charge < -0.3 is 19.1 Å². The fourth-order valence-electron chi connectivity index (χ4n) is 4.01. The van der Waals surface area contributed by atoms with Gasteiger partial charge in [0.25, 0.3) is 0 Å². The van der Waals surface area contributed by atoms with Crippen molar-refractivity contribution in [2.75, 3.05) is 66.3 Å². The first-order valence-corrected chi connectivity index (χ1v) is 9.59. The molecule has 0 saturated carbocycles. The smallest absolute Gasteiger partial charge is 0.226 e. The summed E-state index contributed by atoms with van der Waals surface area (Å²) in [5, 5.41) is 0. The van der Waals surface area contributed by atoms with E-state index >= 15 is 0 Å². The number of carbonyl (C=O) groups is 1. The molecule has 0 aromatic rings. The summed E-state index contributed by atoms with van der Waals surface area (Å²) < 4.78 is 17.2. The number of nitrogens with zero attached hydrogens (tertiary/aromatic N) is 2. The first kappa shape index (κ1) is 18.8. The number of methoxy groups -OCH3 is 1. The van der Waals surface area contributed by atoms with E-state index in [9.17, 15) is 4.79 Å². The van der Waals surface area contributed by atoms with Crippen LogP contribution in [0.1, 0.15) is 32.1 Å². The molecule has 6 nitrogen and oxygen atoms in total. The Labute approximate surface area is 151 Å². The zero-order valence-corrected chi connectivity index (χ0v) is 15.5. The molecule has 0 N–H and O–H groups in total. The van der Waals surface area contributed by atoms with Gasteiger partial charge in [-0.2, -0.15) is 0 Å². The summed E-state index contributed by atoms with van der Waals surface area (Å²) in [5.41, 5.74) is 0.912. The summed E-state index contributed by atoms with van der Waals surface area (Å²) in [6.45, 7) is 6.41. The monoisotopic (exact) mass is 352 g/mol. The maximum absolute atomic E-state index is 12.8. The second-order valence-electron chi connectivity index (χ2n) is 7.45. The molecule has 1 spiro atoms. The van der Waals surface area contributed by atoms with Gasteiger partial charge in [0.2, 0.25) is 5.91 Å². The minimum atomic E-state index is -0.404. The summed E-state index contributed by atoms with van der Waals surface area (Å²) in [6, 6.07) is 0. The topological polar surface area (TPSA) is 51.2 Å². The third-order valence-corrected chi connectivity index (χ3v) is 5.40. The van der Waals surface area contributed by atoms with E-state index in [1.165, 1.54) is 18.4 Å². The Morgan fingerprint density at radius 3 is 3.00 bits per heavy atom. The molecule has 25 heavy (non-hydrogen) atoms. The van der Waals surface area contributed by atoms with Crippen LogP contribution in [-0.2, 0) is 19.0 Å². The third-order valence-electron chi connectivity index (χ3n) is 5.40. The maximum atomic E-state index is 12.8. The van der Waals surface area contributed by atoms with Crippen molar-refractivity contribution in [2.45, 2.75) is 37.7 Å². The van der Waals surface area contributed by atoms with Gasteiger partial charge in [-0.3, -0.25) is 9.69 Å². The zero-order chi connectivity index (χ0) is 17.5. The van der Waals surface area contributed by atoms with Gasteiger partial charge in [0.05, 0.1) is 33.0 Å². The quantitative estimate of drug-likeness (QED) is 0.701. The van der Waals surface area contributed by atoms with Gasteiger partial charge in [0, 0.05) is 39.7 Å². The molecular weight excluding hydrogens is 320 g/mol. The highest BCUT2D eigenvalue weighted by Crippen LogP contribution is 2.25. The van der Waals surface area contributed by atoms with Crippen molar-refractivity contribution in [2.24, 2.45) is 0 Å². The number of hydrogen-bond donors (Lipinski definition) is 0. The second kappa shape index (κ2) is 9.12. The number of hydrogen-bond acceptors (Lipinski definition) is 5. The predicted molar refractivity (Wildman–Crippen MR) is 95.6 cm³/mol. The highest BCUT2D eigenvalue weighted by atomic mass is 16.5. The first-order chi connectivity index (χ1) is 12.2. The van der Waals surface area contributed by atoms with E-state index < -0.39 is 5.60 Å². The summed E-state index contributed by atoms with van der Waals surface area (Å²) in [7, 11) is 1.72. The van der Waals surface area contributed by atoms with Crippen molar-refractivity contribution < 1.29 is 19.0 Å². The molecule has 2 fully saturated rings. The molecule has 1 amide bonds. The van der Waals surface area contributed by atoms with Crippen LogP contribution in [0.25, 0.3) is 0 Å². The largest absolute Gasteiger partial charge is 0.383 e. The minimum Gasteiger partial charge on any atom is -0.383 e. The van der Waals surface area contributed by atoms with Crippen LogP contribution < -0.4 is 0 Å². The molecule has 0 aromatic heterocycles. The molecule has 142 valence electrons. The van der Waals surface area contributed by atoms with Gasteiger partial charge in [-0.25, -0.2) is 0 Å². The summed E-state index contributed by atoms with van der Waals surface area (Å²) in [6.07, 6.45) is 7.51. The molecule has 3 rings (SSSR count).